The third kappa shape index (κ3) is 5.56. The smallest absolute Gasteiger partial charge is 0.349 e. The number of anilines is 1. The fraction of sp³-hybridized carbons (Fsp3) is 0.233. The lowest BCUT2D eigenvalue weighted by Crippen LogP contribution is -2.38. The van der Waals surface area contributed by atoms with Crippen LogP contribution in [0.25, 0.3) is 22.4 Å². The predicted molar refractivity (Wildman–Crippen MR) is 145 cm³/mol. The molecule has 0 aliphatic carbocycles. The monoisotopic (exact) mass is 518 g/mol. The quantitative estimate of drug-likeness (QED) is 0.370. The molecule has 39 heavy (non-hydrogen) atoms. The zero-order valence-corrected chi connectivity index (χ0v) is 21.2. The van der Waals surface area contributed by atoms with E-state index in [9.17, 15) is 4.79 Å². The number of nitrogens with zero attached hydrogens (tertiary/aromatic N) is 5. The van der Waals surface area contributed by atoms with Crippen molar-refractivity contribution in [2.75, 3.05) is 25.0 Å². The third-order valence-corrected chi connectivity index (χ3v) is 6.92. The fourth-order valence-electron chi connectivity index (χ4n) is 4.96. The summed E-state index contributed by atoms with van der Waals surface area (Å²) >= 11 is 0. The maximum atomic E-state index is 11.8. The van der Waals surface area contributed by atoms with Crippen LogP contribution in [0.1, 0.15) is 24.2 Å². The number of pyridine rings is 1. The minimum absolute atomic E-state index is 0.144. The number of hydrogen-bond donors (Lipinski definition) is 1. The first-order valence-corrected chi connectivity index (χ1v) is 12.9. The number of esters is 1. The minimum Gasteiger partial charge on any atom is -0.463 e. The highest BCUT2D eigenvalue weighted by Crippen LogP contribution is 2.39. The summed E-state index contributed by atoms with van der Waals surface area (Å²) in [5, 5.41) is 12.4. The van der Waals surface area contributed by atoms with Crippen LogP contribution < -0.4 is 14.8 Å². The number of piperidine rings is 1. The fourth-order valence-corrected chi connectivity index (χ4v) is 4.96. The summed E-state index contributed by atoms with van der Waals surface area (Å²) in [6.45, 7) is 2.66. The first-order chi connectivity index (χ1) is 19.1. The number of rotatable bonds is 6. The Hall–Kier alpha value is -4.81. The molecule has 6 rings (SSSR count). The van der Waals surface area contributed by atoms with E-state index >= 15 is 0 Å². The van der Waals surface area contributed by atoms with Gasteiger partial charge in [0, 0.05) is 43.0 Å². The van der Waals surface area contributed by atoms with Crippen LogP contribution >= 0.6 is 0 Å². The first-order valence-electron chi connectivity index (χ1n) is 12.9. The van der Waals surface area contributed by atoms with Crippen molar-refractivity contribution in [3.8, 4) is 40.1 Å². The Balaban J connectivity index is 1.14. The lowest BCUT2D eigenvalue weighted by atomic mass is 9.98. The number of hydrogen-bond acceptors (Lipinski definition) is 9. The van der Waals surface area contributed by atoms with Gasteiger partial charge in [0.25, 0.3) is 5.88 Å². The third-order valence-electron chi connectivity index (χ3n) is 6.92. The first kappa shape index (κ1) is 24.5. The van der Waals surface area contributed by atoms with Crippen LogP contribution in [0.5, 0.6) is 11.6 Å². The molecule has 0 amide bonds. The molecule has 0 bridgehead atoms. The van der Waals surface area contributed by atoms with Gasteiger partial charge in [-0.2, -0.15) is 5.26 Å². The van der Waals surface area contributed by atoms with Gasteiger partial charge < -0.3 is 14.8 Å². The molecular formula is C30H26N6O3. The van der Waals surface area contributed by atoms with Gasteiger partial charge >= 0.3 is 5.97 Å². The number of aromatic nitrogens is 3. The maximum Gasteiger partial charge on any atom is 0.349 e. The Kier molecular flexibility index (Phi) is 6.85. The van der Waals surface area contributed by atoms with Crippen molar-refractivity contribution in [1.29, 1.82) is 5.26 Å². The number of carbonyl (C=O) groups excluding carboxylic acids is 1. The SMILES string of the molecule is N#Cc1nccc(NC2CCN(Cc3ccc(-c4nc5c(cc4-c4ccccc4)OC(=O)CO5)cc3)CC2)n1. The molecule has 1 saturated heterocycles. The van der Waals surface area contributed by atoms with E-state index in [0.717, 1.165) is 54.9 Å². The molecule has 0 radical (unpaired) electrons. The topological polar surface area (TPSA) is 113 Å². The Morgan fingerprint density at radius 2 is 1.79 bits per heavy atom. The zero-order valence-electron chi connectivity index (χ0n) is 21.2. The highest BCUT2D eigenvalue weighted by molar-refractivity contribution is 5.84. The molecule has 4 aromatic rings. The highest BCUT2D eigenvalue weighted by atomic mass is 16.6. The molecule has 2 aliphatic rings. The predicted octanol–water partition coefficient (Wildman–Crippen LogP) is 4.45. The van der Waals surface area contributed by atoms with E-state index in [0.29, 0.717) is 23.5 Å². The lowest BCUT2D eigenvalue weighted by molar-refractivity contribution is -0.138. The summed E-state index contributed by atoms with van der Waals surface area (Å²) < 4.78 is 10.9. The van der Waals surface area contributed by atoms with Crippen LogP contribution in [0.4, 0.5) is 5.82 Å². The number of benzene rings is 2. The van der Waals surface area contributed by atoms with Crippen molar-refractivity contribution in [3.63, 3.8) is 0 Å². The molecule has 9 nitrogen and oxygen atoms in total. The molecule has 0 atom stereocenters. The van der Waals surface area contributed by atoms with Crippen LogP contribution in [0.2, 0.25) is 0 Å². The molecule has 2 aliphatic heterocycles. The second kappa shape index (κ2) is 10.9. The minimum atomic E-state index is -0.428. The standard InChI is InChI=1S/C30H26N6O3/c31-17-27-32-13-10-26(34-27)33-23-11-14-36(15-12-23)18-20-6-8-22(9-7-20)29-24(21-4-2-1-3-5-21)16-25-30(35-29)38-19-28(37)39-25/h1-10,13,16,23H,11-12,14-15,18-19H2,(H,32,33,34). The van der Waals surface area contributed by atoms with E-state index in [-0.39, 0.29) is 12.4 Å². The van der Waals surface area contributed by atoms with Crippen molar-refractivity contribution in [2.24, 2.45) is 0 Å². The van der Waals surface area contributed by atoms with Gasteiger partial charge in [0.15, 0.2) is 12.4 Å². The summed E-state index contributed by atoms with van der Waals surface area (Å²) in [6, 6.07) is 24.3. The Bertz CT molecular complexity index is 1530. The van der Waals surface area contributed by atoms with Gasteiger partial charge in [-0.25, -0.2) is 19.7 Å². The van der Waals surface area contributed by atoms with Crippen LogP contribution in [0.15, 0.2) is 72.9 Å². The van der Waals surface area contributed by atoms with Gasteiger partial charge in [0.1, 0.15) is 11.9 Å². The van der Waals surface area contributed by atoms with E-state index in [4.69, 9.17) is 19.7 Å². The molecule has 4 heterocycles. The molecule has 0 spiro atoms. The van der Waals surface area contributed by atoms with Crippen LogP contribution in [0, 0.1) is 11.3 Å². The van der Waals surface area contributed by atoms with Gasteiger partial charge in [-0.05, 0) is 36.1 Å². The second-order valence-electron chi connectivity index (χ2n) is 9.59. The van der Waals surface area contributed by atoms with Crippen LogP contribution in [0.3, 0.4) is 0 Å². The van der Waals surface area contributed by atoms with E-state index in [1.165, 1.54) is 5.56 Å². The lowest BCUT2D eigenvalue weighted by Gasteiger charge is -2.32. The summed E-state index contributed by atoms with van der Waals surface area (Å²) in [7, 11) is 0. The number of nitrogens with one attached hydrogen (secondary N) is 1. The Morgan fingerprint density at radius 1 is 1.00 bits per heavy atom. The summed E-state index contributed by atoms with van der Waals surface area (Å²) in [4.78, 5) is 27.1. The highest BCUT2D eigenvalue weighted by Gasteiger charge is 2.24. The largest absolute Gasteiger partial charge is 0.463 e. The number of ether oxygens (including phenoxy) is 2. The molecule has 194 valence electrons. The molecule has 9 heteroatoms. The van der Waals surface area contributed by atoms with Crippen molar-refractivity contribution < 1.29 is 14.3 Å². The van der Waals surface area contributed by atoms with Crippen molar-refractivity contribution in [2.45, 2.75) is 25.4 Å². The van der Waals surface area contributed by atoms with Crippen molar-refractivity contribution in [1.82, 2.24) is 19.9 Å². The maximum absolute atomic E-state index is 11.8. The second-order valence-corrected chi connectivity index (χ2v) is 9.59. The van der Waals surface area contributed by atoms with Gasteiger partial charge in [0.2, 0.25) is 5.82 Å². The summed E-state index contributed by atoms with van der Waals surface area (Å²) in [5.41, 5.74) is 4.83. The number of likely N-dealkylation sites (tertiary alicyclic amines) is 1. The Labute approximate surface area is 226 Å². The van der Waals surface area contributed by atoms with Crippen LogP contribution in [-0.4, -0.2) is 51.6 Å². The summed E-state index contributed by atoms with van der Waals surface area (Å²) in [5.74, 6) is 1.12. The molecule has 0 saturated carbocycles. The molecule has 2 aromatic heterocycles. The molecule has 0 unspecified atom stereocenters. The van der Waals surface area contributed by atoms with E-state index in [1.54, 1.807) is 12.3 Å². The zero-order chi connectivity index (χ0) is 26.6. The van der Waals surface area contributed by atoms with Gasteiger partial charge in [-0.15, -0.1) is 0 Å². The average Bonchev–Trinajstić information content (AvgIpc) is 2.98. The van der Waals surface area contributed by atoms with Gasteiger partial charge in [-0.1, -0.05) is 54.6 Å². The van der Waals surface area contributed by atoms with Crippen molar-refractivity contribution >= 4 is 11.8 Å². The number of nitriles is 1. The molecule has 1 fully saturated rings. The van der Waals surface area contributed by atoms with Gasteiger partial charge in [0.05, 0.1) is 5.69 Å². The molecule has 1 N–H and O–H groups in total. The van der Waals surface area contributed by atoms with E-state index < -0.39 is 5.97 Å². The van der Waals surface area contributed by atoms with E-state index in [2.05, 4.69) is 44.5 Å². The Morgan fingerprint density at radius 3 is 2.56 bits per heavy atom. The summed E-state index contributed by atoms with van der Waals surface area (Å²) in [6.07, 6.45) is 3.60. The van der Waals surface area contributed by atoms with Crippen LogP contribution in [-0.2, 0) is 11.3 Å². The number of fused-ring (bicyclic) bond motifs is 1. The molecular weight excluding hydrogens is 492 g/mol. The normalized spacial score (nSPS) is 15.5. The van der Waals surface area contributed by atoms with Gasteiger partial charge in [-0.3, -0.25) is 4.90 Å². The number of carbonyl (C=O) groups is 1. The average molecular weight is 519 g/mol. The molecule has 2 aromatic carbocycles. The van der Waals surface area contributed by atoms with Crippen molar-refractivity contribution in [3.05, 3.63) is 84.3 Å². The van der Waals surface area contributed by atoms with E-state index in [1.807, 2.05) is 42.5 Å².